The molecule has 2 aliphatic rings. The van der Waals surface area contributed by atoms with Crippen LogP contribution in [0.15, 0.2) is 35.1 Å². The number of hydrogen-bond acceptors (Lipinski definition) is 6. The highest BCUT2D eigenvalue weighted by atomic mass is 32.1. The second-order valence-electron chi connectivity index (χ2n) is 7.58. The standard InChI is InChI=1S/C20H20FN5O2S/c21-20(8-9-20)18-24-16(28)14-17(25-18)29-19(23-14)26-10-4-7-13(26)15(27)22-11-12-5-2-1-3-6-12/h1-3,5-6,13H,4,7-11H2,(H,22,27)(H,24,25,28)/t13-/m1/s1. The zero-order valence-electron chi connectivity index (χ0n) is 15.7. The summed E-state index contributed by atoms with van der Waals surface area (Å²) in [4.78, 5) is 38.7. The van der Waals surface area contributed by atoms with E-state index in [1.54, 1.807) is 0 Å². The minimum absolute atomic E-state index is 0.0612. The van der Waals surface area contributed by atoms with Crippen molar-refractivity contribution in [3.8, 4) is 0 Å². The van der Waals surface area contributed by atoms with Crippen molar-refractivity contribution < 1.29 is 9.18 Å². The van der Waals surface area contributed by atoms with E-state index in [1.807, 2.05) is 35.2 Å². The average molecular weight is 413 g/mol. The molecule has 0 radical (unpaired) electrons. The van der Waals surface area contributed by atoms with Crippen LogP contribution in [0, 0.1) is 0 Å². The number of H-pyrrole nitrogens is 1. The lowest BCUT2D eigenvalue weighted by molar-refractivity contribution is -0.122. The number of thiazole rings is 1. The Hall–Kier alpha value is -2.81. The van der Waals surface area contributed by atoms with Gasteiger partial charge in [0.25, 0.3) is 5.56 Å². The van der Waals surface area contributed by atoms with Gasteiger partial charge in [-0.1, -0.05) is 41.7 Å². The van der Waals surface area contributed by atoms with Crippen molar-refractivity contribution >= 4 is 32.7 Å². The van der Waals surface area contributed by atoms with Crippen LogP contribution >= 0.6 is 11.3 Å². The Morgan fingerprint density at radius 2 is 2.10 bits per heavy atom. The van der Waals surface area contributed by atoms with Gasteiger partial charge in [-0.25, -0.2) is 14.4 Å². The van der Waals surface area contributed by atoms with Gasteiger partial charge in [0.05, 0.1) is 0 Å². The van der Waals surface area contributed by atoms with Crippen LogP contribution in [0.2, 0.25) is 0 Å². The molecule has 29 heavy (non-hydrogen) atoms. The summed E-state index contributed by atoms with van der Waals surface area (Å²) in [5, 5.41) is 3.57. The van der Waals surface area contributed by atoms with E-state index in [1.165, 1.54) is 11.3 Å². The number of nitrogens with one attached hydrogen (secondary N) is 2. The molecule has 1 saturated carbocycles. The fourth-order valence-electron chi connectivity index (χ4n) is 3.67. The van der Waals surface area contributed by atoms with Gasteiger partial charge in [-0.15, -0.1) is 0 Å². The summed E-state index contributed by atoms with van der Waals surface area (Å²) in [5.74, 6) is 0.0256. The largest absolute Gasteiger partial charge is 0.350 e. The molecule has 0 unspecified atom stereocenters. The van der Waals surface area contributed by atoms with Gasteiger partial charge in [0.2, 0.25) is 5.91 Å². The smallest absolute Gasteiger partial charge is 0.278 e. The van der Waals surface area contributed by atoms with Crippen LogP contribution in [0.5, 0.6) is 0 Å². The number of carbonyl (C=O) groups excluding carboxylic acids is 1. The summed E-state index contributed by atoms with van der Waals surface area (Å²) in [5.41, 5.74) is -0.701. The monoisotopic (exact) mass is 413 g/mol. The Morgan fingerprint density at radius 1 is 1.31 bits per heavy atom. The molecular formula is C20H20FN5O2S. The van der Waals surface area contributed by atoms with Crippen LogP contribution in [0.1, 0.15) is 37.1 Å². The Labute approximate surface area is 170 Å². The molecule has 3 aromatic rings. The number of aromatic amines is 1. The summed E-state index contributed by atoms with van der Waals surface area (Å²) in [6.07, 6.45) is 2.34. The molecule has 2 fully saturated rings. The minimum Gasteiger partial charge on any atom is -0.350 e. The molecule has 2 aromatic heterocycles. The van der Waals surface area contributed by atoms with E-state index in [2.05, 4.69) is 20.3 Å². The lowest BCUT2D eigenvalue weighted by Crippen LogP contribution is -2.43. The maximum Gasteiger partial charge on any atom is 0.278 e. The van der Waals surface area contributed by atoms with E-state index in [0.717, 1.165) is 18.4 Å². The molecule has 9 heteroatoms. The zero-order chi connectivity index (χ0) is 20.0. The van der Waals surface area contributed by atoms with Gasteiger partial charge in [-0.2, -0.15) is 0 Å². The van der Waals surface area contributed by atoms with E-state index in [0.29, 0.717) is 35.9 Å². The van der Waals surface area contributed by atoms with Crippen LogP contribution in [-0.2, 0) is 17.0 Å². The molecule has 5 rings (SSSR count). The normalized spacial score (nSPS) is 20.2. The summed E-state index contributed by atoms with van der Waals surface area (Å²) >= 11 is 1.24. The van der Waals surface area contributed by atoms with Crippen LogP contribution < -0.4 is 15.8 Å². The number of hydrogen-bond donors (Lipinski definition) is 2. The number of fused-ring (bicyclic) bond motifs is 1. The zero-order valence-corrected chi connectivity index (χ0v) is 16.5. The van der Waals surface area contributed by atoms with Crippen LogP contribution in [0.25, 0.3) is 10.3 Å². The number of nitrogens with zero attached hydrogens (tertiary/aromatic N) is 3. The van der Waals surface area contributed by atoms with Crippen molar-refractivity contribution in [3.05, 3.63) is 52.1 Å². The second-order valence-corrected chi connectivity index (χ2v) is 8.54. The Kier molecular flexibility index (Phi) is 4.34. The number of anilines is 1. The lowest BCUT2D eigenvalue weighted by Gasteiger charge is -2.23. The number of rotatable bonds is 5. The van der Waals surface area contributed by atoms with E-state index in [-0.39, 0.29) is 23.3 Å². The highest BCUT2D eigenvalue weighted by Crippen LogP contribution is 2.48. The van der Waals surface area contributed by atoms with Crippen molar-refractivity contribution in [2.75, 3.05) is 11.4 Å². The van der Waals surface area contributed by atoms with Crippen molar-refractivity contribution in [2.24, 2.45) is 0 Å². The van der Waals surface area contributed by atoms with Crippen LogP contribution in [0.4, 0.5) is 9.52 Å². The molecule has 1 amide bonds. The molecule has 3 heterocycles. The number of carbonyl (C=O) groups is 1. The van der Waals surface area contributed by atoms with Crippen molar-refractivity contribution in [1.29, 1.82) is 0 Å². The van der Waals surface area contributed by atoms with Crippen LogP contribution in [0.3, 0.4) is 0 Å². The third-order valence-corrected chi connectivity index (χ3v) is 6.47. The topological polar surface area (TPSA) is 91.0 Å². The number of alkyl halides is 1. The second kappa shape index (κ2) is 6.91. The highest BCUT2D eigenvalue weighted by Gasteiger charge is 2.48. The number of aromatic nitrogens is 3. The Morgan fingerprint density at radius 3 is 2.86 bits per heavy atom. The molecule has 150 valence electrons. The third kappa shape index (κ3) is 3.39. The number of benzene rings is 1. The molecule has 7 nitrogen and oxygen atoms in total. The Balaban J connectivity index is 1.38. The quantitative estimate of drug-likeness (QED) is 0.671. The highest BCUT2D eigenvalue weighted by molar-refractivity contribution is 7.21. The molecule has 1 aromatic carbocycles. The van der Waals surface area contributed by atoms with Crippen molar-refractivity contribution in [3.63, 3.8) is 0 Å². The van der Waals surface area contributed by atoms with Gasteiger partial charge < -0.3 is 15.2 Å². The number of halogens is 1. The molecule has 1 saturated heterocycles. The maximum atomic E-state index is 14.3. The van der Waals surface area contributed by atoms with E-state index in [4.69, 9.17) is 0 Å². The first-order valence-electron chi connectivity index (χ1n) is 9.72. The lowest BCUT2D eigenvalue weighted by atomic mass is 10.2. The van der Waals surface area contributed by atoms with Gasteiger partial charge in [0.1, 0.15) is 11.9 Å². The summed E-state index contributed by atoms with van der Waals surface area (Å²) in [7, 11) is 0. The molecule has 1 atom stereocenters. The molecular weight excluding hydrogens is 393 g/mol. The summed E-state index contributed by atoms with van der Waals surface area (Å²) in [6.45, 7) is 1.15. The Bertz CT molecular complexity index is 1120. The summed E-state index contributed by atoms with van der Waals surface area (Å²) in [6, 6.07) is 9.40. The van der Waals surface area contributed by atoms with Gasteiger partial charge in [0, 0.05) is 13.1 Å². The molecule has 1 aliphatic heterocycles. The predicted molar refractivity (Wildman–Crippen MR) is 109 cm³/mol. The van der Waals surface area contributed by atoms with Gasteiger partial charge >= 0.3 is 0 Å². The molecule has 0 bridgehead atoms. The third-order valence-electron chi connectivity index (χ3n) is 5.48. The fourth-order valence-corrected chi connectivity index (χ4v) is 4.69. The first-order chi connectivity index (χ1) is 14.0. The average Bonchev–Trinajstić information content (AvgIpc) is 3.14. The van der Waals surface area contributed by atoms with Gasteiger partial charge in [-0.05, 0) is 31.2 Å². The SMILES string of the molecule is O=C(NCc1ccccc1)[C@H]1CCCN1c1nc2c(=O)[nH]c(C3(F)CC3)nc2s1. The first-order valence-corrected chi connectivity index (χ1v) is 10.5. The van der Waals surface area contributed by atoms with Crippen molar-refractivity contribution in [2.45, 2.75) is 43.9 Å². The van der Waals surface area contributed by atoms with Crippen LogP contribution in [-0.4, -0.2) is 33.4 Å². The van der Waals surface area contributed by atoms with Gasteiger partial charge in [-0.3, -0.25) is 9.59 Å². The predicted octanol–water partition coefficient (Wildman–Crippen LogP) is 2.62. The number of amides is 1. The van der Waals surface area contributed by atoms with E-state index >= 15 is 0 Å². The maximum absolute atomic E-state index is 14.3. The fraction of sp³-hybridized carbons (Fsp3) is 0.400. The summed E-state index contributed by atoms with van der Waals surface area (Å²) < 4.78 is 14.3. The van der Waals surface area contributed by atoms with Gasteiger partial charge in [0.15, 0.2) is 21.1 Å². The molecule has 0 spiro atoms. The van der Waals surface area contributed by atoms with E-state index < -0.39 is 11.2 Å². The van der Waals surface area contributed by atoms with Crippen molar-refractivity contribution in [1.82, 2.24) is 20.3 Å². The molecule has 1 aliphatic carbocycles. The molecule has 2 N–H and O–H groups in total. The first kappa shape index (κ1) is 18.2. The minimum atomic E-state index is -1.51. The van der Waals surface area contributed by atoms with E-state index in [9.17, 15) is 14.0 Å².